The number of hydrogen-bond donors (Lipinski definition) is 2. The van der Waals surface area contributed by atoms with Crippen LogP contribution in [-0.2, 0) is 14.3 Å². The van der Waals surface area contributed by atoms with Crippen molar-refractivity contribution in [3.63, 3.8) is 0 Å². The van der Waals surface area contributed by atoms with Gasteiger partial charge < -0.3 is 25.4 Å². The number of nitrogens with zero attached hydrogens (tertiary/aromatic N) is 1. The van der Waals surface area contributed by atoms with Crippen LogP contribution < -0.4 is 16.0 Å². The minimum atomic E-state index is -0.461. The SMILES string of the molecule is COC(=O)c1cc(N2CCOCC2)ccc1NC(=O)CC1(CN)CCCCC1. The molecule has 28 heavy (non-hydrogen) atoms. The van der Waals surface area contributed by atoms with Gasteiger partial charge in [-0.3, -0.25) is 4.79 Å². The highest BCUT2D eigenvalue weighted by Crippen LogP contribution is 2.38. The first kappa shape index (κ1) is 20.6. The molecule has 3 rings (SSSR count). The summed E-state index contributed by atoms with van der Waals surface area (Å²) >= 11 is 0. The molecule has 0 unspecified atom stereocenters. The summed E-state index contributed by atoms with van der Waals surface area (Å²) in [5.74, 6) is -0.562. The third kappa shape index (κ3) is 4.83. The van der Waals surface area contributed by atoms with Gasteiger partial charge in [0.05, 0.1) is 31.6 Å². The number of carbonyl (C=O) groups excluding carboxylic acids is 2. The van der Waals surface area contributed by atoms with Crippen molar-refractivity contribution in [1.82, 2.24) is 0 Å². The molecule has 7 heteroatoms. The number of rotatable bonds is 6. The van der Waals surface area contributed by atoms with Crippen LogP contribution in [0.4, 0.5) is 11.4 Å². The Kier molecular flexibility index (Phi) is 6.91. The highest BCUT2D eigenvalue weighted by atomic mass is 16.5. The maximum Gasteiger partial charge on any atom is 0.340 e. The van der Waals surface area contributed by atoms with Crippen LogP contribution in [0.15, 0.2) is 18.2 Å². The summed E-state index contributed by atoms with van der Waals surface area (Å²) in [6, 6.07) is 5.49. The van der Waals surface area contributed by atoms with Gasteiger partial charge in [0.2, 0.25) is 5.91 Å². The predicted molar refractivity (Wildman–Crippen MR) is 109 cm³/mol. The van der Waals surface area contributed by atoms with Crippen molar-refractivity contribution in [2.45, 2.75) is 38.5 Å². The lowest BCUT2D eigenvalue weighted by atomic mass is 9.71. The van der Waals surface area contributed by atoms with E-state index in [1.54, 1.807) is 12.1 Å². The Hall–Kier alpha value is -2.12. The first-order chi connectivity index (χ1) is 13.6. The van der Waals surface area contributed by atoms with E-state index in [-0.39, 0.29) is 11.3 Å². The summed E-state index contributed by atoms with van der Waals surface area (Å²) < 4.78 is 10.3. The molecule has 2 aliphatic rings. The van der Waals surface area contributed by atoms with Crippen LogP contribution in [0.25, 0.3) is 0 Å². The second kappa shape index (κ2) is 9.39. The van der Waals surface area contributed by atoms with Gasteiger partial charge in [0.1, 0.15) is 0 Å². The number of amides is 1. The Morgan fingerprint density at radius 1 is 1.21 bits per heavy atom. The Labute approximate surface area is 166 Å². The second-order valence-electron chi connectivity index (χ2n) is 7.81. The van der Waals surface area contributed by atoms with E-state index in [2.05, 4.69) is 10.2 Å². The normalized spacial score (nSPS) is 19.1. The first-order valence-electron chi connectivity index (χ1n) is 10.1. The third-order valence-electron chi connectivity index (χ3n) is 5.94. The lowest BCUT2D eigenvalue weighted by Crippen LogP contribution is -2.37. The molecule has 1 heterocycles. The number of nitrogens with two attached hydrogens (primary N) is 1. The number of hydrogen-bond acceptors (Lipinski definition) is 6. The lowest BCUT2D eigenvalue weighted by Gasteiger charge is -2.35. The molecule has 3 N–H and O–H groups in total. The standard InChI is InChI=1S/C21H31N3O4/c1-27-20(26)17-13-16(24-9-11-28-12-10-24)5-6-18(17)23-19(25)14-21(15-22)7-3-2-4-8-21/h5-6,13H,2-4,7-12,14-15,22H2,1H3,(H,23,25). The number of esters is 1. The Balaban J connectivity index is 1.76. The molecule has 2 fully saturated rings. The van der Waals surface area contributed by atoms with Gasteiger partial charge in [-0.2, -0.15) is 0 Å². The fourth-order valence-corrected chi connectivity index (χ4v) is 4.23. The van der Waals surface area contributed by atoms with Crippen LogP contribution in [0.5, 0.6) is 0 Å². The highest BCUT2D eigenvalue weighted by molar-refractivity contribution is 6.02. The smallest absolute Gasteiger partial charge is 0.340 e. The zero-order valence-electron chi connectivity index (χ0n) is 16.7. The van der Waals surface area contributed by atoms with Gasteiger partial charge in [0, 0.05) is 25.2 Å². The van der Waals surface area contributed by atoms with Crippen LogP contribution in [0.1, 0.15) is 48.9 Å². The molecular formula is C21H31N3O4. The van der Waals surface area contributed by atoms with Gasteiger partial charge in [-0.1, -0.05) is 19.3 Å². The van der Waals surface area contributed by atoms with Gasteiger partial charge in [0.15, 0.2) is 0 Å². The van der Waals surface area contributed by atoms with Gasteiger partial charge in [-0.05, 0) is 43.0 Å². The van der Waals surface area contributed by atoms with Crippen molar-refractivity contribution < 1.29 is 19.1 Å². The van der Waals surface area contributed by atoms with Crippen LogP contribution in [0.3, 0.4) is 0 Å². The Bertz CT molecular complexity index is 695. The van der Waals surface area contributed by atoms with E-state index in [1.807, 2.05) is 6.07 Å². The Morgan fingerprint density at radius 2 is 1.93 bits per heavy atom. The quantitative estimate of drug-likeness (QED) is 0.726. The zero-order valence-corrected chi connectivity index (χ0v) is 16.7. The summed E-state index contributed by atoms with van der Waals surface area (Å²) in [6.45, 7) is 3.37. The third-order valence-corrected chi connectivity index (χ3v) is 5.94. The molecule has 1 saturated carbocycles. The summed E-state index contributed by atoms with van der Waals surface area (Å²) in [7, 11) is 1.35. The van der Waals surface area contributed by atoms with E-state index >= 15 is 0 Å². The number of anilines is 2. The molecule has 7 nitrogen and oxygen atoms in total. The van der Waals surface area contributed by atoms with E-state index in [0.717, 1.165) is 44.5 Å². The second-order valence-corrected chi connectivity index (χ2v) is 7.81. The van der Waals surface area contributed by atoms with Crippen LogP contribution >= 0.6 is 0 Å². The fraction of sp³-hybridized carbons (Fsp3) is 0.619. The number of morpholine rings is 1. The van der Waals surface area contributed by atoms with E-state index < -0.39 is 5.97 Å². The molecule has 1 amide bonds. The molecule has 0 bridgehead atoms. The van der Waals surface area contributed by atoms with Crippen molar-refractivity contribution in [1.29, 1.82) is 0 Å². The van der Waals surface area contributed by atoms with Gasteiger partial charge in [-0.25, -0.2) is 4.79 Å². The maximum atomic E-state index is 12.7. The maximum absolute atomic E-state index is 12.7. The summed E-state index contributed by atoms with van der Waals surface area (Å²) in [4.78, 5) is 27.2. The number of methoxy groups -OCH3 is 1. The number of nitrogens with one attached hydrogen (secondary N) is 1. The molecule has 0 aromatic heterocycles. The molecule has 0 radical (unpaired) electrons. The minimum absolute atomic E-state index is 0.100. The molecule has 1 aromatic rings. The van der Waals surface area contributed by atoms with Crippen molar-refractivity contribution in [3.8, 4) is 0 Å². The number of benzene rings is 1. The summed E-state index contributed by atoms with van der Waals surface area (Å²) in [5, 5.41) is 2.92. The van der Waals surface area contributed by atoms with Gasteiger partial charge in [-0.15, -0.1) is 0 Å². The molecule has 0 spiro atoms. The van der Waals surface area contributed by atoms with Crippen molar-refractivity contribution in [2.75, 3.05) is 50.2 Å². The number of ether oxygens (including phenoxy) is 2. The van der Waals surface area contributed by atoms with Crippen molar-refractivity contribution in [3.05, 3.63) is 23.8 Å². The molecule has 1 saturated heterocycles. The topological polar surface area (TPSA) is 93.9 Å². The van der Waals surface area contributed by atoms with E-state index in [9.17, 15) is 9.59 Å². The van der Waals surface area contributed by atoms with Crippen LogP contribution in [0, 0.1) is 5.41 Å². The number of carbonyl (C=O) groups is 2. The van der Waals surface area contributed by atoms with E-state index in [1.165, 1.54) is 13.5 Å². The van der Waals surface area contributed by atoms with Crippen molar-refractivity contribution in [2.24, 2.45) is 11.1 Å². The van der Waals surface area contributed by atoms with Crippen molar-refractivity contribution >= 4 is 23.3 Å². The minimum Gasteiger partial charge on any atom is -0.465 e. The lowest BCUT2D eigenvalue weighted by molar-refractivity contribution is -0.118. The average Bonchev–Trinajstić information content (AvgIpc) is 2.74. The molecule has 0 atom stereocenters. The summed E-state index contributed by atoms with van der Waals surface area (Å²) in [5.41, 5.74) is 7.66. The van der Waals surface area contributed by atoms with E-state index in [0.29, 0.717) is 37.4 Å². The molecule has 154 valence electrons. The predicted octanol–water partition coefficient (Wildman–Crippen LogP) is 2.55. The molecular weight excluding hydrogens is 358 g/mol. The van der Waals surface area contributed by atoms with E-state index in [4.69, 9.17) is 15.2 Å². The van der Waals surface area contributed by atoms with Crippen LogP contribution in [-0.4, -0.2) is 51.8 Å². The van der Waals surface area contributed by atoms with Crippen LogP contribution in [0.2, 0.25) is 0 Å². The zero-order chi connectivity index (χ0) is 20.0. The summed E-state index contributed by atoms with van der Waals surface area (Å²) in [6.07, 6.45) is 5.79. The average molecular weight is 389 g/mol. The fourth-order valence-electron chi connectivity index (χ4n) is 4.23. The largest absolute Gasteiger partial charge is 0.465 e. The molecule has 1 aromatic carbocycles. The first-order valence-corrected chi connectivity index (χ1v) is 10.1. The molecule has 1 aliphatic carbocycles. The molecule has 1 aliphatic heterocycles. The van der Waals surface area contributed by atoms with Gasteiger partial charge >= 0.3 is 5.97 Å². The van der Waals surface area contributed by atoms with Gasteiger partial charge in [0.25, 0.3) is 0 Å². The highest BCUT2D eigenvalue weighted by Gasteiger charge is 2.33. The monoisotopic (exact) mass is 389 g/mol. The Morgan fingerprint density at radius 3 is 2.57 bits per heavy atom.